The van der Waals surface area contributed by atoms with E-state index in [2.05, 4.69) is 24.2 Å². The van der Waals surface area contributed by atoms with Crippen molar-refractivity contribution >= 4 is 0 Å². The lowest BCUT2D eigenvalue weighted by atomic mass is 9.94. The maximum Gasteiger partial charge on any atom is -0.00191 e. The van der Waals surface area contributed by atoms with Crippen molar-refractivity contribution in [3.05, 3.63) is 0 Å². The van der Waals surface area contributed by atoms with E-state index in [-0.39, 0.29) is 0 Å². The van der Waals surface area contributed by atoms with Crippen LogP contribution < -0.4 is 5.32 Å². The summed E-state index contributed by atoms with van der Waals surface area (Å²) < 4.78 is 0. The summed E-state index contributed by atoms with van der Waals surface area (Å²) in [6.07, 6.45) is 12.7. The lowest BCUT2D eigenvalue weighted by Crippen LogP contribution is -2.31. The number of piperidine rings is 1. The summed E-state index contributed by atoms with van der Waals surface area (Å²) in [7, 11) is 2.24. The normalized spacial score (nSPS) is 18.3. The number of nitrogens with zero attached hydrogens (tertiary/aromatic N) is 1. The molecule has 0 amide bonds. The van der Waals surface area contributed by atoms with Crippen LogP contribution in [0.3, 0.4) is 0 Å². The van der Waals surface area contributed by atoms with Gasteiger partial charge in [0, 0.05) is 0 Å². The number of unbranched alkanes of at least 4 members (excludes halogenated alkanes) is 5. The van der Waals surface area contributed by atoms with Crippen LogP contribution >= 0.6 is 0 Å². The van der Waals surface area contributed by atoms with Gasteiger partial charge in [-0.15, -0.1) is 0 Å². The molecule has 2 nitrogen and oxygen atoms in total. The Morgan fingerprint density at radius 1 is 0.944 bits per heavy atom. The van der Waals surface area contributed by atoms with Crippen molar-refractivity contribution in [2.24, 2.45) is 5.92 Å². The van der Waals surface area contributed by atoms with Crippen LogP contribution in [-0.2, 0) is 0 Å². The zero-order valence-corrected chi connectivity index (χ0v) is 12.7. The third kappa shape index (κ3) is 8.10. The highest BCUT2D eigenvalue weighted by atomic mass is 15.1. The fourth-order valence-corrected chi connectivity index (χ4v) is 2.81. The van der Waals surface area contributed by atoms with Gasteiger partial charge in [0.05, 0.1) is 0 Å². The molecule has 1 N–H and O–H groups in total. The van der Waals surface area contributed by atoms with E-state index in [0.717, 1.165) is 5.92 Å². The average Bonchev–Trinajstić information content (AvgIpc) is 2.39. The zero-order chi connectivity index (χ0) is 13.1. The van der Waals surface area contributed by atoms with Gasteiger partial charge in [0.15, 0.2) is 0 Å². The molecule has 0 aromatic heterocycles. The van der Waals surface area contributed by atoms with Crippen LogP contribution in [-0.4, -0.2) is 38.1 Å². The predicted octanol–water partition coefficient (Wildman–Crippen LogP) is 3.67. The number of likely N-dealkylation sites (tertiary alicyclic amines) is 1. The SMILES string of the molecule is CCCCCCCCNCCC1CCN(C)CC1. The van der Waals surface area contributed by atoms with Crippen LogP contribution in [0.15, 0.2) is 0 Å². The smallest absolute Gasteiger partial charge is 0.00191 e. The second-order valence-electron chi connectivity index (χ2n) is 6.05. The third-order valence-corrected chi connectivity index (χ3v) is 4.27. The van der Waals surface area contributed by atoms with Crippen LogP contribution in [0.5, 0.6) is 0 Å². The van der Waals surface area contributed by atoms with Crippen LogP contribution in [0.4, 0.5) is 0 Å². The van der Waals surface area contributed by atoms with Gasteiger partial charge < -0.3 is 10.2 Å². The number of hydrogen-bond donors (Lipinski definition) is 1. The van der Waals surface area contributed by atoms with Gasteiger partial charge in [0.25, 0.3) is 0 Å². The van der Waals surface area contributed by atoms with Crippen molar-refractivity contribution in [2.45, 2.75) is 64.7 Å². The second-order valence-corrected chi connectivity index (χ2v) is 6.05. The minimum atomic E-state index is 0.984. The van der Waals surface area contributed by atoms with E-state index in [4.69, 9.17) is 0 Å². The van der Waals surface area contributed by atoms with E-state index in [1.807, 2.05) is 0 Å². The molecule has 0 saturated carbocycles. The molecule has 0 spiro atoms. The first-order valence-corrected chi connectivity index (χ1v) is 8.22. The van der Waals surface area contributed by atoms with Gasteiger partial charge in [-0.1, -0.05) is 39.0 Å². The molecular weight excluding hydrogens is 220 g/mol. The highest BCUT2D eigenvalue weighted by molar-refractivity contribution is 4.70. The van der Waals surface area contributed by atoms with Crippen LogP contribution in [0, 0.1) is 5.92 Å². The zero-order valence-electron chi connectivity index (χ0n) is 12.7. The molecule has 0 radical (unpaired) electrons. The van der Waals surface area contributed by atoms with E-state index in [9.17, 15) is 0 Å². The Balaban J connectivity index is 1.78. The van der Waals surface area contributed by atoms with Crippen LogP contribution in [0.25, 0.3) is 0 Å². The summed E-state index contributed by atoms with van der Waals surface area (Å²) >= 11 is 0. The molecule has 0 aromatic rings. The minimum absolute atomic E-state index is 0.984. The predicted molar refractivity (Wildman–Crippen MR) is 81.1 cm³/mol. The van der Waals surface area contributed by atoms with Crippen molar-refractivity contribution < 1.29 is 0 Å². The number of rotatable bonds is 10. The summed E-state index contributed by atoms with van der Waals surface area (Å²) in [6.45, 7) is 7.37. The van der Waals surface area contributed by atoms with Crippen molar-refractivity contribution in [1.29, 1.82) is 0 Å². The molecule has 1 aliphatic rings. The maximum absolute atomic E-state index is 3.62. The van der Waals surface area contributed by atoms with Gasteiger partial charge in [-0.2, -0.15) is 0 Å². The molecule has 108 valence electrons. The van der Waals surface area contributed by atoms with Crippen LogP contribution in [0.2, 0.25) is 0 Å². The minimum Gasteiger partial charge on any atom is -0.317 e. The second kappa shape index (κ2) is 10.8. The monoisotopic (exact) mass is 254 g/mol. The maximum atomic E-state index is 3.62. The molecule has 0 atom stereocenters. The fourth-order valence-electron chi connectivity index (χ4n) is 2.81. The highest BCUT2D eigenvalue weighted by Crippen LogP contribution is 2.18. The molecule has 18 heavy (non-hydrogen) atoms. The van der Waals surface area contributed by atoms with E-state index < -0.39 is 0 Å². The van der Waals surface area contributed by atoms with Gasteiger partial charge >= 0.3 is 0 Å². The fraction of sp³-hybridized carbons (Fsp3) is 1.00. The average molecular weight is 254 g/mol. The van der Waals surface area contributed by atoms with E-state index in [0.29, 0.717) is 0 Å². The standard InChI is InChI=1S/C16H34N2/c1-3-4-5-6-7-8-12-17-13-9-16-10-14-18(2)15-11-16/h16-17H,3-15H2,1-2H3. The first-order valence-electron chi connectivity index (χ1n) is 8.22. The topological polar surface area (TPSA) is 15.3 Å². The Hall–Kier alpha value is -0.0800. The highest BCUT2D eigenvalue weighted by Gasteiger charge is 2.15. The molecular formula is C16H34N2. The Morgan fingerprint density at radius 2 is 1.61 bits per heavy atom. The number of hydrogen-bond acceptors (Lipinski definition) is 2. The Labute approximate surface area is 115 Å². The largest absolute Gasteiger partial charge is 0.317 e. The van der Waals surface area contributed by atoms with E-state index in [1.54, 1.807) is 0 Å². The molecule has 0 aliphatic carbocycles. The molecule has 0 bridgehead atoms. The molecule has 0 unspecified atom stereocenters. The van der Waals surface area contributed by atoms with Gasteiger partial charge in [-0.25, -0.2) is 0 Å². The molecule has 1 rings (SSSR count). The first-order chi connectivity index (χ1) is 8.83. The molecule has 1 saturated heterocycles. The molecule has 1 aliphatic heterocycles. The molecule has 1 fully saturated rings. The quantitative estimate of drug-likeness (QED) is 0.598. The summed E-state index contributed by atoms with van der Waals surface area (Å²) in [5.74, 6) is 0.984. The Bertz CT molecular complexity index is 174. The summed E-state index contributed by atoms with van der Waals surface area (Å²) in [5, 5.41) is 3.62. The summed E-state index contributed by atoms with van der Waals surface area (Å²) in [4.78, 5) is 2.46. The third-order valence-electron chi connectivity index (χ3n) is 4.27. The lowest BCUT2D eigenvalue weighted by molar-refractivity contribution is 0.211. The number of nitrogens with one attached hydrogen (secondary N) is 1. The lowest BCUT2D eigenvalue weighted by Gasteiger charge is -2.28. The van der Waals surface area contributed by atoms with Crippen LogP contribution in [0.1, 0.15) is 64.7 Å². The van der Waals surface area contributed by atoms with Gasteiger partial charge in [-0.3, -0.25) is 0 Å². The first kappa shape index (κ1) is 16.0. The Kier molecular flexibility index (Phi) is 9.59. The molecule has 0 aromatic carbocycles. The molecule has 1 heterocycles. The summed E-state index contributed by atoms with van der Waals surface area (Å²) in [5.41, 5.74) is 0. The van der Waals surface area contributed by atoms with Crippen molar-refractivity contribution in [3.63, 3.8) is 0 Å². The van der Waals surface area contributed by atoms with Crippen molar-refractivity contribution in [3.8, 4) is 0 Å². The Morgan fingerprint density at radius 3 is 2.33 bits per heavy atom. The van der Waals surface area contributed by atoms with Crippen molar-refractivity contribution in [1.82, 2.24) is 10.2 Å². The summed E-state index contributed by atoms with van der Waals surface area (Å²) in [6, 6.07) is 0. The van der Waals surface area contributed by atoms with E-state index in [1.165, 1.54) is 84.0 Å². The van der Waals surface area contributed by atoms with Gasteiger partial charge in [0.1, 0.15) is 0 Å². The van der Waals surface area contributed by atoms with E-state index >= 15 is 0 Å². The molecule has 2 heteroatoms. The van der Waals surface area contributed by atoms with Gasteiger partial charge in [0.2, 0.25) is 0 Å². The van der Waals surface area contributed by atoms with Crippen molar-refractivity contribution in [2.75, 3.05) is 33.2 Å². The van der Waals surface area contributed by atoms with Gasteiger partial charge in [-0.05, 0) is 64.8 Å².